The van der Waals surface area contributed by atoms with Crippen LogP contribution < -0.4 is 4.74 Å². The maximum atomic E-state index is 13.5. The zero-order valence-corrected chi connectivity index (χ0v) is 13.7. The largest absolute Gasteiger partial charge is 0.495 e. The molecule has 1 fully saturated rings. The number of rotatable bonds is 4. The van der Waals surface area contributed by atoms with Crippen molar-refractivity contribution >= 4 is 21.4 Å². The van der Waals surface area contributed by atoms with Crippen LogP contribution in [0.25, 0.3) is 0 Å². The Bertz CT molecular complexity index is 759. The van der Waals surface area contributed by atoms with Crippen LogP contribution in [-0.2, 0) is 10.0 Å². The van der Waals surface area contributed by atoms with E-state index in [2.05, 4.69) is 0 Å². The summed E-state index contributed by atoms with van der Waals surface area (Å²) in [6.07, 6.45) is 0.775. The van der Waals surface area contributed by atoms with Crippen molar-refractivity contribution in [2.45, 2.75) is 17.2 Å². The lowest BCUT2D eigenvalue weighted by atomic mass is 10.1. The number of nitrogens with zero attached hydrogens (tertiary/aromatic N) is 1. The van der Waals surface area contributed by atoms with E-state index in [1.807, 2.05) is 17.5 Å². The molecule has 1 aliphatic heterocycles. The summed E-state index contributed by atoms with van der Waals surface area (Å²) in [6.45, 7) is 0.854. The topological polar surface area (TPSA) is 46.6 Å². The van der Waals surface area contributed by atoms with Crippen LogP contribution in [0.1, 0.15) is 17.2 Å². The van der Waals surface area contributed by atoms with Crippen molar-refractivity contribution in [1.82, 2.24) is 4.31 Å². The van der Waals surface area contributed by atoms with Crippen molar-refractivity contribution in [3.63, 3.8) is 0 Å². The molecule has 0 aliphatic carbocycles. The molecule has 0 unspecified atom stereocenters. The van der Waals surface area contributed by atoms with E-state index >= 15 is 0 Å². The number of halogens is 1. The molecule has 0 radical (unpaired) electrons. The first-order chi connectivity index (χ1) is 10.5. The summed E-state index contributed by atoms with van der Waals surface area (Å²) >= 11 is 1.63. The molecule has 0 N–H and O–H groups in total. The molecule has 4 nitrogen and oxygen atoms in total. The lowest BCUT2D eigenvalue weighted by Gasteiger charge is -2.18. The van der Waals surface area contributed by atoms with Gasteiger partial charge in [-0.25, -0.2) is 12.8 Å². The maximum Gasteiger partial charge on any atom is 0.246 e. The van der Waals surface area contributed by atoms with Gasteiger partial charge in [0.15, 0.2) is 0 Å². The van der Waals surface area contributed by atoms with Crippen LogP contribution in [0.3, 0.4) is 0 Å². The van der Waals surface area contributed by atoms with Gasteiger partial charge in [0.25, 0.3) is 0 Å². The van der Waals surface area contributed by atoms with E-state index in [4.69, 9.17) is 4.74 Å². The fourth-order valence-corrected chi connectivity index (χ4v) is 5.22. The van der Waals surface area contributed by atoms with Gasteiger partial charge in [-0.15, -0.1) is 11.3 Å². The number of methoxy groups -OCH3 is 1. The molecule has 0 amide bonds. The fraction of sp³-hybridized carbons (Fsp3) is 0.333. The summed E-state index contributed by atoms with van der Waals surface area (Å²) in [7, 11) is -2.38. The van der Waals surface area contributed by atoms with Crippen LogP contribution >= 0.6 is 11.3 Å². The summed E-state index contributed by atoms with van der Waals surface area (Å²) in [6, 6.07) is 7.54. The van der Waals surface area contributed by atoms with Crippen molar-refractivity contribution < 1.29 is 17.5 Å². The van der Waals surface area contributed by atoms with Gasteiger partial charge in [0.05, 0.1) is 7.11 Å². The molecule has 7 heteroatoms. The Morgan fingerprint density at radius 1 is 1.36 bits per heavy atom. The van der Waals surface area contributed by atoms with E-state index in [1.54, 1.807) is 11.3 Å². The highest BCUT2D eigenvalue weighted by molar-refractivity contribution is 7.89. The van der Waals surface area contributed by atoms with Crippen LogP contribution in [-0.4, -0.2) is 32.9 Å². The van der Waals surface area contributed by atoms with Crippen LogP contribution in [0.4, 0.5) is 4.39 Å². The minimum absolute atomic E-state index is 0.109. The van der Waals surface area contributed by atoms with Crippen LogP contribution in [0.15, 0.2) is 40.6 Å². The van der Waals surface area contributed by atoms with E-state index in [0.717, 1.165) is 12.5 Å². The fourth-order valence-electron chi connectivity index (χ4n) is 2.69. The van der Waals surface area contributed by atoms with Gasteiger partial charge in [-0.1, -0.05) is 6.07 Å². The Hall–Kier alpha value is -1.44. The molecular formula is C15H16FNO3S2. The smallest absolute Gasteiger partial charge is 0.246 e. The third-order valence-electron chi connectivity index (χ3n) is 3.84. The zero-order chi connectivity index (χ0) is 15.7. The summed E-state index contributed by atoms with van der Waals surface area (Å²) in [5.74, 6) is -0.219. The zero-order valence-electron chi connectivity index (χ0n) is 12.0. The first kappa shape index (κ1) is 15.5. The van der Waals surface area contributed by atoms with Gasteiger partial charge in [-0.2, -0.15) is 4.31 Å². The first-order valence-corrected chi connectivity index (χ1v) is 9.21. The van der Waals surface area contributed by atoms with Crippen LogP contribution in [0.5, 0.6) is 5.75 Å². The van der Waals surface area contributed by atoms with Gasteiger partial charge in [0.1, 0.15) is 16.5 Å². The molecule has 2 aromatic rings. The second-order valence-electron chi connectivity index (χ2n) is 5.16. The van der Waals surface area contributed by atoms with E-state index in [1.165, 1.54) is 28.4 Å². The Kier molecular flexibility index (Phi) is 4.20. The second kappa shape index (κ2) is 5.98. The van der Waals surface area contributed by atoms with Gasteiger partial charge in [-0.05, 0) is 36.1 Å². The monoisotopic (exact) mass is 341 g/mol. The Morgan fingerprint density at radius 2 is 2.18 bits per heavy atom. The van der Waals surface area contributed by atoms with Crippen LogP contribution in [0, 0.1) is 5.82 Å². The second-order valence-corrected chi connectivity index (χ2v) is 8.04. The summed E-state index contributed by atoms with van der Waals surface area (Å²) in [5.41, 5.74) is 0. The molecule has 1 aliphatic rings. The highest BCUT2D eigenvalue weighted by atomic mass is 32.2. The SMILES string of the molecule is COc1ccc(F)cc1S(=O)(=O)N1CC[C@H](c2cccs2)C1. The minimum atomic E-state index is -3.75. The molecule has 3 rings (SSSR count). The van der Waals surface area contributed by atoms with Crippen molar-refractivity contribution in [2.75, 3.05) is 20.2 Å². The van der Waals surface area contributed by atoms with Crippen molar-refractivity contribution in [3.8, 4) is 5.75 Å². The van der Waals surface area contributed by atoms with Crippen molar-refractivity contribution in [2.24, 2.45) is 0 Å². The van der Waals surface area contributed by atoms with Gasteiger partial charge < -0.3 is 4.74 Å². The molecule has 1 saturated heterocycles. The lowest BCUT2D eigenvalue weighted by molar-refractivity contribution is 0.396. The van der Waals surface area contributed by atoms with Gasteiger partial charge >= 0.3 is 0 Å². The molecule has 1 aromatic carbocycles. The molecule has 118 valence electrons. The predicted octanol–water partition coefficient (Wildman–Crippen LogP) is 3.07. The molecule has 1 aromatic heterocycles. The quantitative estimate of drug-likeness (QED) is 0.859. The number of ether oxygens (including phenoxy) is 1. The third kappa shape index (κ3) is 2.76. The average molecular weight is 341 g/mol. The highest BCUT2D eigenvalue weighted by Gasteiger charge is 2.35. The number of hydrogen-bond donors (Lipinski definition) is 0. The molecule has 22 heavy (non-hydrogen) atoms. The molecule has 0 saturated carbocycles. The Balaban J connectivity index is 1.90. The third-order valence-corrected chi connectivity index (χ3v) is 6.76. The Labute approximate surface area is 133 Å². The summed E-state index contributed by atoms with van der Waals surface area (Å²) in [5, 5.41) is 1.99. The van der Waals surface area contributed by atoms with Crippen molar-refractivity contribution in [1.29, 1.82) is 0 Å². The van der Waals surface area contributed by atoms with Crippen molar-refractivity contribution in [3.05, 3.63) is 46.4 Å². The van der Waals surface area contributed by atoms with E-state index in [0.29, 0.717) is 13.1 Å². The van der Waals surface area contributed by atoms with Crippen LogP contribution in [0.2, 0.25) is 0 Å². The number of hydrogen-bond acceptors (Lipinski definition) is 4. The predicted molar refractivity (Wildman–Crippen MR) is 83.4 cm³/mol. The summed E-state index contributed by atoms with van der Waals surface area (Å²) < 4.78 is 45.5. The highest BCUT2D eigenvalue weighted by Crippen LogP contribution is 2.35. The maximum absolute atomic E-state index is 13.5. The van der Waals surface area contributed by atoms with Gasteiger partial charge in [0, 0.05) is 23.9 Å². The lowest BCUT2D eigenvalue weighted by Crippen LogP contribution is -2.29. The Morgan fingerprint density at radius 3 is 2.86 bits per heavy atom. The summed E-state index contributed by atoms with van der Waals surface area (Å²) in [4.78, 5) is 1.07. The number of sulfonamides is 1. The average Bonchev–Trinajstić information content (AvgIpc) is 3.18. The molecule has 0 bridgehead atoms. The normalized spacial score (nSPS) is 19.5. The van der Waals surface area contributed by atoms with E-state index in [-0.39, 0.29) is 16.6 Å². The van der Waals surface area contributed by atoms with Gasteiger partial charge in [0.2, 0.25) is 10.0 Å². The van der Waals surface area contributed by atoms with E-state index < -0.39 is 15.8 Å². The molecule has 2 heterocycles. The number of benzene rings is 1. The molecule has 1 atom stereocenters. The standard InChI is InChI=1S/C15H16FNO3S2/c1-20-13-5-4-12(16)9-15(13)22(18,19)17-7-6-11(10-17)14-3-2-8-21-14/h2-5,8-9,11H,6-7,10H2,1H3/t11-/m0/s1. The number of thiophene rings is 1. The minimum Gasteiger partial charge on any atom is -0.495 e. The van der Waals surface area contributed by atoms with Gasteiger partial charge in [-0.3, -0.25) is 0 Å². The van der Waals surface area contributed by atoms with E-state index in [9.17, 15) is 12.8 Å². The molecule has 0 spiro atoms. The molecular weight excluding hydrogens is 325 g/mol. The first-order valence-electron chi connectivity index (χ1n) is 6.89.